The van der Waals surface area contributed by atoms with E-state index in [1.54, 1.807) is 0 Å². The molecule has 2 heterocycles. The van der Waals surface area contributed by atoms with Crippen LogP contribution in [0.2, 0.25) is 0 Å². The van der Waals surface area contributed by atoms with Gasteiger partial charge in [-0.1, -0.05) is 51.3 Å². The predicted octanol–water partition coefficient (Wildman–Crippen LogP) is 3.83. The van der Waals surface area contributed by atoms with Gasteiger partial charge in [0.15, 0.2) is 5.17 Å². The van der Waals surface area contributed by atoms with Gasteiger partial charge in [0.05, 0.1) is 5.54 Å². The highest BCUT2D eigenvalue weighted by Crippen LogP contribution is 2.31. The minimum Gasteiger partial charge on any atom is -0.381 e. The van der Waals surface area contributed by atoms with E-state index in [-0.39, 0.29) is 0 Å². The summed E-state index contributed by atoms with van der Waals surface area (Å²) in [5.74, 6) is 2.02. The third kappa shape index (κ3) is 5.28. The summed E-state index contributed by atoms with van der Waals surface area (Å²) in [6, 6.07) is 0. The van der Waals surface area contributed by atoms with Crippen LogP contribution in [-0.4, -0.2) is 36.2 Å². The minimum atomic E-state index is 0.291. The molecule has 2 aliphatic heterocycles. The maximum Gasteiger partial charge on any atom is 0.157 e. The number of nitrogens with one attached hydrogen (secondary N) is 1. The third-order valence-electron chi connectivity index (χ3n) is 4.25. The van der Waals surface area contributed by atoms with Gasteiger partial charge in [-0.05, 0) is 25.2 Å². The number of unbranched alkanes of at least 4 members (excludes halogenated alkanes) is 3. The van der Waals surface area contributed by atoms with Crippen LogP contribution in [0, 0.1) is 5.92 Å². The van der Waals surface area contributed by atoms with Gasteiger partial charge in [0.25, 0.3) is 0 Å². The Labute approximate surface area is 128 Å². The first-order valence-corrected chi connectivity index (χ1v) is 9.22. The Kier molecular flexibility index (Phi) is 6.69. The first-order valence-electron chi connectivity index (χ1n) is 8.23. The molecule has 2 fully saturated rings. The fourth-order valence-electron chi connectivity index (χ4n) is 2.82. The average Bonchev–Trinajstić information content (AvgIpc) is 2.81. The molecule has 0 saturated carbocycles. The highest BCUT2D eigenvalue weighted by molar-refractivity contribution is 8.14. The summed E-state index contributed by atoms with van der Waals surface area (Å²) in [5, 5.41) is 4.83. The number of nitrogens with zero attached hydrogens (tertiary/aromatic N) is 1. The van der Waals surface area contributed by atoms with Crippen LogP contribution in [0.3, 0.4) is 0 Å². The summed E-state index contributed by atoms with van der Waals surface area (Å²) in [5.41, 5.74) is 0.291. The molecular weight excluding hydrogens is 268 g/mol. The van der Waals surface area contributed by atoms with Crippen LogP contribution in [0.15, 0.2) is 4.99 Å². The number of amidine groups is 1. The smallest absolute Gasteiger partial charge is 0.157 e. The molecule has 0 unspecified atom stereocenters. The van der Waals surface area contributed by atoms with Gasteiger partial charge in [0.2, 0.25) is 0 Å². The van der Waals surface area contributed by atoms with E-state index in [0.29, 0.717) is 5.54 Å². The van der Waals surface area contributed by atoms with E-state index in [2.05, 4.69) is 19.2 Å². The fourth-order valence-corrected chi connectivity index (χ4v) is 4.07. The van der Waals surface area contributed by atoms with E-state index in [1.807, 2.05) is 11.8 Å². The second-order valence-electron chi connectivity index (χ2n) is 6.59. The van der Waals surface area contributed by atoms with Crippen molar-refractivity contribution in [3.05, 3.63) is 0 Å². The lowest BCUT2D eigenvalue weighted by molar-refractivity contribution is 0.0555. The van der Waals surface area contributed by atoms with Gasteiger partial charge in [0, 0.05) is 25.5 Å². The molecule has 0 aromatic rings. The maximum atomic E-state index is 5.46. The Morgan fingerprint density at radius 3 is 2.70 bits per heavy atom. The SMILES string of the molecule is CC(C)CCCCCCN=C1NC2(CCOCC2)CS1. The Bertz CT molecular complexity index is 312. The minimum absolute atomic E-state index is 0.291. The van der Waals surface area contributed by atoms with Crippen molar-refractivity contribution in [3.63, 3.8) is 0 Å². The lowest BCUT2D eigenvalue weighted by atomic mass is 9.93. The maximum absolute atomic E-state index is 5.46. The number of thioether (sulfide) groups is 1. The molecule has 1 N–H and O–H groups in total. The second kappa shape index (κ2) is 8.28. The second-order valence-corrected chi connectivity index (χ2v) is 7.55. The number of hydrogen-bond acceptors (Lipinski definition) is 3. The molecular formula is C16H30N2OS. The molecule has 0 bridgehead atoms. The Hall–Kier alpha value is -0.220. The molecule has 0 radical (unpaired) electrons. The summed E-state index contributed by atoms with van der Waals surface area (Å²) in [6.07, 6.45) is 8.95. The molecule has 2 aliphatic rings. The van der Waals surface area contributed by atoms with Gasteiger partial charge in [-0.25, -0.2) is 0 Å². The normalized spacial score (nSPS) is 23.6. The van der Waals surface area contributed by atoms with Gasteiger partial charge in [-0.2, -0.15) is 0 Å². The van der Waals surface area contributed by atoms with Crippen molar-refractivity contribution in [1.82, 2.24) is 5.32 Å². The lowest BCUT2D eigenvalue weighted by Crippen LogP contribution is -2.48. The molecule has 1 spiro atoms. The number of aliphatic imine (C=N–C) groups is 1. The number of hydrogen-bond donors (Lipinski definition) is 1. The molecule has 2 saturated heterocycles. The van der Waals surface area contributed by atoms with Gasteiger partial charge in [0.1, 0.15) is 0 Å². The van der Waals surface area contributed by atoms with E-state index < -0.39 is 0 Å². The van der Waals surface area contributed by atoms with Crippen molar-refractivity contribution in [2.75, 3.05) is 25.5 Å². The van der Waals surface area contributed by atoms with Crippen LogP contribution in [0.1, 0.15) is 58.8 Å². The van der Waals surface area contributed by atoms with Gasteiger partial charge < -0.3 is 10.1 Å². The topological polar surface area (TPSA) is 33.6 Å². The highest BCUT2D eigenvalue weighted by Gasteiger charge is 2.38. The molecule has 0 aliphatic carbocycles. The first kappa shape index (κ1) is 16.2. The van der Waals surface area contributed by atoms with E-state index in [4.69, 9.17) is 9.73 Å². The van der Waals surface area contributed by atoms with Crippen molar-refractivity contribution in [1.29, 1.82) is 0 Å². The van der Waals surface area contributed by atoms with Crippen molar-refractivity contribution in [2.24, 2.45) is 10.9 Å². The van der Waals surface area contributed by atoms with Crippen LogP contribution >= 0.6 is 11.8 Å². The zero-order valence-electron chi connectivity index (χ0n) is 13.1. The highest BCUT2D eigenvalue weighted by atomic mass is 32.2. The summed E-state index contributed by atoms with van der Waals surface area (Å²) in [6.45, 7) is 7.40. The standard InChI is InChI=1S/C16H30N2OS/c1-14(2)7-5-3-4-6-10-17-15-18-16(13-20-15)8-11-19-12-9-16/h14H,3-13H2,1-2H3,(H,17,18). The molecule has 0 amide bonds. The van der Waals surface area contributed by atoms with E-state index in [9.17, 15) is 0 Å². The zero-order valence-corrected chi connectivity index (χ0v) is 13.9. The summed E-state index contributed by atoms with van der Waals surface area (Å²) >= 11 is 1.90. The van der Waals surface area contributed by atoms with E-state index >= 15 is 0 Å². The van der Waals surface area contributed by atoms with Crippen LogP contribution in [0.25, 0.3) is 0 Å². The first-order chi connectivity index (χ1) is 9.70. The van der Waals surface area contributed by atoms with Crippen molar-refractivity contribution in [2.45, 2.75) is 64.3 Å². The Balaban J connectivity index is 1.57. The number of ether oxygens (including phenoxy) is 1. The van der Waals surface area contributed by atoms with Gasteiger partial charge >= 0.3 is 0 Å². The third-order valence-corrected chi connectivity index (χ3v) is 5.45. The molecule has 3 nitrogen and oxygen atoms in total. The van der Waals surface area contributed by atoms with Crippen LogP contribution in [-0.2, 0) is 4.74 Å². The van der Waals surface area contributed by atoms with Crippen molar-refractivity contribution >= 4 is 16.9 Å². The molecule has 0 aromatic heterocycles. The van der Waals surface area contributed by atoms with E-state index in [1.165, 1.54) is 43.0 Å². The van der Waals surface area contributed by atoms with Crippen molar-refractivity contribution < 1.29 is 4.74 Å². The van der Waals surface area contributed by atoms with Crippen molar-refractivity contribution in [3.8, 4) is 0 Å². The Morgan fingerprint density at radius 2 is 1.95 bits per heavy atom. The quantitative estimate of drug-likeness (QED) is 0.725. The predicted molar refractivity (Wildman–Crippen MR) is 88.6 cm³/mol. The fraction of sp³-hybridized carbons (Fsp3) is 0.938. The average molecular weight is 298 g/mol. The van der Waals surface area contributed by atoms with Crippen LogP contribution in [0.4, 0.5) is 0 Å². The molecule has 116 valence electrons. The van der Waals surface area contributed by atoms with E-state index in [0.717, 1.165) is 38.5 Å². The largest absolute Gasteiger partial charge is 0.381 e. The van der Waals surface area contributed by atoms with Gasteiger partial charge in [-0.3, -0.25) is 4.99 Å². The summed E-state index contributed by atoms with van der Waals surface area (Å²) < 4.78 is 5.46. The molecule has 0 aromatic carbocycles. The summed E-state index contributed by atoms with van der Waals surface area (Å²) in [4.78, 5) is 4.73. The van der Waals surface area contributed by atoms with Gasteiger partial charge in [-0.15, -0.1) is 0 Å². The summed E-state index contributed by atoms with van der Waals surface area (Å²) in [7, 11) is 0. The molecule has 20 heavy (non-hydrogen) atoms. The number of rotatable bonds is 7. The molecule has 4 heteroatoms. The lowest BCUT2D eigenvalue weighted by Gasteiger charge is -2.32. The molecule has 0 atom stereocenters. The van der Waals surface area contributed by atoms with Crippen LogP contribution in [0.5, 0.6) is 0 Å². The zero-order chi connectivity index (χ0) is 14.3. The Morgan fingerprint density at radius 1 is 1.20 bits per heavy atom. The monoisotopic (exact) mass is 298 g/mol. The van der Waals surface area contributed by atoms with Crippen LogP contribution < -0.4 is 5.32 Å². The molecule has 2 rings (SSSR count).